The van der Waals surface area contributed by atoms with Crippen LogP contribution in [0.4, 0.5) is 5.69 Å². The lowest BCUT2D eigenvalue weighted by atomic mass is 10.1. The molecule has 1 aromatic heterocycles. The van der Waals surface area contributed by atoms with E-state index in [0.717, 1.165) is 21.3 Å². The maximum absolute atomic E-state index is 12.6. The average molecular weight is 437 g/mol. The van der Waals surface area contributed by atoms with Crippen LogP contribution in [-0.2, 0) is 6.54 Å². The van der Waals surface area contributed by atoms with Gasteiger partial charge in [-0.05, 0) is 79.1 Å². The Kier molecular flexibility index (Phi) is 6.55. The number of guanidine groups is 1. The molecule has 0 aliphatic carbocycles. The summed E-state index contributed by atoms with van der Waals surface area (Å²) in [7, 11) is 0. The highest BCUT2D eigenvalue weighted by Gasteiger charge is 2.10. The van der Waals surface area contributed by atoms with E-state index in [9.17, 15) is 4.79 Å². The van der Waals surface area contributed by atoms with Gasteiger partial charge in [0.25, 0.3) is 5.91 Å². The third kappa shape index (κ3) is 5.50. The van der Waals surface area contributed by atoms with E-state index in [4.69, 9.17) is 0 Å². The molecule has 3 rings (SSSR count). The largest absolute Gasteiger partial charge is 0.326 e. The van der Waals surface area contributed by atoms with Gasteiger partial charge in [-0.3, -0.25) is 15.1 Å². The molecule has 0 radical (unpaired) electrons. The number of rotatable bonds is 4. The van der Waals surface area contributed by atoms with E-state index in [1.165, 1.54) is 5.56 Å². The number of hydrogen-bond acceptors (Lipinski definition) is 3. The van der Waals surface area contributed by atoms with Crippen molar-refractivity contribution < 1.29 is 4.79 Å². The smallest absolute Gasteiger partial charge is 0.257 e. The molecule has 1 heterocycles. The number of aromatic nitrogens is 1. The van der Waals surface area contributed by atoms with Crippen molar-refractivity contribution in [3.63, 3.8) is 0 Å². The monoisotopic (exact) mass is 436 g/mol. The van der Waals surface area contributed by atoms with Gasteiger partial charge in [0.2, 0.25) is 5.96 Å². The molecule has 0 aliphatic rings. The van der Waals surface area contributed by atoms with E-state index in [1.54, 1.807) is 24.5 Å². The Morgan fingerprint density at radius 3 is 2.39 bits per heavy atom. The molecule has 0 bridgehead atoms. The quantitative estimate of drug-likeness (QED) is 0.453. The summed E-state index contributed by atoms with van der Waals surface area (Å²) < 4.78 is 0.920. The normalized spacial score (nSPS) is 11.2. The van der Waals surface area contributed by atoms with Crippen LogP contribution < -0.4 is 10.6 Å². The van der Waals surface area contributed by atoms with E-state index in [2.05, 4.69) is 50.4 Å². The molecule has 5 nitrogen and oxygen atoms in total. The molecular weight excluding hydrogens is 416 g/mol. The second-order valence-corrected chi connectivity index (χ2v) is 7.32. The van der Waals surface area contributed by atoms with Crippen molar-refractivity contribution in [2.75, 3.05) is 5.32 Å². The first kappa shape index (κ1) is 19.8. The summed E-state index contributed by atoms with van der Waals surface area (Å²) in [5.41, 5.74) is 4.80. The zero-order valence-electron chi connectivity index (χ0n) is 15.7. The number of pyridine rings is 1. The summed E-state index contributed by atoms with van der Waals surface area (Å²) >= 11 is 3.38. The maximum Gasteiger partial charge on any atom is 0.257 e. The summed E-state index contributed by atoms with van der Waals surface area (Å²) in [4.78, 5) is 21.2. The number of aryl methyl sites for hydroxylation is 2. The molecule has 3 aromatic rings. The van der Waals surface area contributed by atoms with Gasteiger partial charge in [-0.2, -0.15) is 0 Å². The molecular formula is C22H21BrN4O. The zero-order valence-corrected chi connectivity index (χ0v) is 17.3. The number of hydrogen-bond donors (Lipinski definition) is 2. The second kappa shape index (κ2) is 9.28. The van der Waals surface area contributed by atoms with Gasteiger partial charge in [-0.25, -0.2) is 4.99 Å². The van der Waals surface area contributed by atoms with Crippen molar-refractivity contribution in [3.8, 4) is 0 Å². The third-order valence-electron chi connectivity index (χ3n) is 4.28. The van der Waals surface area contributed by atoms with Crippen molar-refractivity contribution in [3.05, 3.63) is 93.7 Å². The number of aliphatic imine (C=N–C) groups is 1. The fourth-order valence-electron chi connectivity index (χ4n) is 2.51. The van der Waals surface area contributed by atoms with Crippen LogP contribution in [0.2, 0.25) is 0 Å². The number of nitrogens with one attached hydrogen (secondary N) is 2. The minimum atomic E-state index is -0.225. The number of halogens is 1. The summed E-state index contributed by atoms with van der Waals surface area (Å²) in [5.74, 6) is 0.172. The first-order valence-electron chi connectivity index (χ1n) is 8.86. The maximum atomic E-state index is 12.6. The highest BCUT2D eigenvalue weighted by molar-refractivity contribution is 9.10. The molecule has 0 saturated heterocycles. The predicted molar refractivity (Wildman–Crippen MR) is 117 cm³/mol. The second-order valence-electron chi connectivity index (χ2n) is 6.41. The number of nitrogens with zero attached hydrogens (tertiary/aromatic N) is 2. The van der Waals surface area contributed by atoms with Crippen LogP contribution >= 0.6 is 15.9 Å². The Bertz CT molecular complexity index is 985. The number of carbonyl (C=O) groups excluding carboxylic acids is 1. The minimum Gasteiger partial charge on any atom is -0.326 e. The molecule has 0 saturated carbocycles. The number of anilines is 1. The van der Waals surface area contributed by atoms with Gasteiger partial charge in [0.1, 0.15) is 0 Å². The van der Waals surface area contributed by atoms with Crippen molar-refractivity contribution in [1.82, 2.24) is 10.3 Å². The summed E-state index contributed by atoms with van der Waals surface area (Å²) in [6.45, 7) is 4.54. The molecule has 0 atom stereocenters. The predicted octanol–water partition coefficient (Wildman–Crippen LogP) is 4.86. The van der Waals surface area contributed by atoms with Gasteiger partial charge < -0.3 is 5.32 Å². The molecule has 0 fully saturated rings. The fraction of sp³-hybridized carbons (Fsp3) is 0.136. The fourth-order valence-corrected chi connectivity index (χ4v) is 2.77. The Balaban J connectivity index is 1.81. The first-order valence-corrected chi connectivity index (χ1v) is 9.65. The van der Waals surface area contributed by atoms with Gasteiger partial charge in [0, 0.05) is 28.1 Å². The molecule has 1 amide bonds. The lowest BCUT2D eigenvalue weighted by Gasteiger charge is -2.13. The van der Waals surface area contributed by atoms with Crippen LogP contribution in [0, 0.1) is 13.8 Å². The SMILES string of the molecule is Cc1ccc(NC(=NCc2ccncc2)NC(=O)c2ccc(Br)cc2)cc1C. The van der Waals surface area contributed by atoms with E-state index in [-0.39, 0.29) is 5.91 Å². The minimum absolute atomic E-state index is 0.225. The van der Waals surface area contributed by atoms with Crippen molar-refractivity contribution in [1.29, 1.82) is 0 Å². The van der Waals surface area contributed by atoms with Gasteiger partial charge in [0.05, 0.1) is 6.54 Å². The molecule has 0 spiro atoms. The van der Waals surface area contributed by atoms with Crippen LogP contribution in [0.1, 0.15) is 27.0 Å². The lowest BCUT2D eigenvalue weighted by Crippen LogP contribution is -2.36. The van der Waals surface area contributed by atoms with Gasteiger partial charge in [-0.1, -0.05) is 22.0 Å². The Morgan fingerprint density at radius 1 is 1.00 bits per heavy atom. The van der Waals surface area contributed by atoms with E-state index < -0.39 is 0 Å². The van der Waals surface area contributed by atoms with Gasteiger partial charge in [0.15, 0.2) is 0 Å². The lowest BCUT2D eigenvalue weighted by molar-refractivity contribution is 0.0977. The summed E-state index contributed by atoms with van der Waals surface area (Å²) in [6.07, 6.45) is 3.45. The molecule has 6 heteroatoms. The molecule has 2 N–H and O–H groups in total. The average Bonchev–Trinajstić information content (AvgIpc) is 2.70. The molecule has 142 valence electrons. The van der Waals surface area contributed by atoms with Gasteiger partial charge in [-0.15, -0.1) is 0 Å². The van der Waals surface area contributed by atoms with Gasteiger partial charge >= 0.3 is 0 Å². The molecule has 0 unspecified atom stereocenters. The van der Waals surface area contributed by atoms with E-state index in [0.29, 0.717) is 18.1 Å². The Labute approximate surface area is 173 Å². The number of benzene rings is 2. The van der Waals surface area contributed by atoms with Crippen molar-refractivity contribution >= 4 is 33.5 Å². The highest BCUT2D eigenvalue weighted by Crippen LogP contribution is 2.15. The Hall–Kier alpha value is -2.99. The topological polar surface area (TPSA) is 66.4 Å². The van der Waals surface area contributed by atoms with E-state index in [1.807, 2.05) is 42.5 Å². The number of amides is 1. The molecule has 0 aliphatic heterocycles. The van der Waals surface area contributed by atoms with Crippen LogP contribution in [0.3, 0.4) is 0 Å². The van der Waals surface area contributed by atoms with Crippen LogP contribution in [0.15, 0.2) is 76.5 Å². The van der Waals surface area contributed by atoms with Crippen LogP contribution in [-0.4, -0.2) is 16.9 Å². The molecule has 2 aromatic carbocycles. The first-order chi connectivity index (χ1) is 13.5. The van der Waals surface area contributed by atoms with E-state index >= 15 is 0 Å². The summed E-state index contributed by atoms with van der Waals surface area (Å²) in [6, 6.07) is 17.0. The standard InChI is InChI=1S/C22H21BrN4O/c1-15-3-8-20(13-16(15)2)26-22(25-14-17-9-11-24-12-10-17)27-21(28)18-4-6-19(23)7-5-18/h3-13H,14H2,1-2H3,(H2,25,26,27,28). The van der Waals surface area contributed by atoms with Crippen molar-refractivity contribution in [2.24, 2.45) is 4.99 Å². The van der Waals surface area contributed by atoms with Crippen LogP contribution in [0.5, 0.6) is 0 Å². The van der Waals surface area contributed by atoms with Crippen LogP contribution in [0.25, 0.3) is 0 Å². The third-order valence-corrected chi connectivity index (χ3v) is 4.81. The zero-order chi connectivity index (χ0) is 19.9. The summed E-state index contributed by atoms with van der Waals surface area (Å²) in [5, 5.41) is 6.10. The highest BCUT2D eigenvalue weighted by atomic mass is 79.9. The number of carbonyl (C=O) groups is 1. The van der Waals surface area contributed by atoms with Crippen molar-refractivity contribution in [2.45, 2.75) is 20.4 Å². The Morgan fingerprint density at radius 2 is 1.71 bits per heavy atom. The molecule has 28 heavy (non-hydrogen) atoms.